The number of nitrogens with one attached hydrogen (secondary N) is 1. The summed E-state index contributed by atoms with van der Waals surface area (Å²) >= 11 is 5.00. The van der Waals surface area contributed by atoms with Gasteiger partial charge in [-0.15, -0.1) is 0 Å². The van der Waals surface area contributed by atoms with Crippen LogP contribution in [-0.2, 0) is 4.74 Å². The lowest BCUT2D eigenvalue weighted by atomic mass is 10.1. The molecule has 1 N–H and O–H groups in total. The highest BCUT2D eigenvalue weighted by Gasteiger charge is 2.08. The number of aromatic nitrogens is 3. The van der Waals surface area contributed by atoms with Gasteiger partial charge in [0.25, 0.3) is 0 Å². The van der Waals surface area contributed by atoms with E-state index < -0.39 is 0 Å². The Labute approximate surface area is 142 Å². The molecular weight excluding hydrogens is 328 g/mol. The molecule has 3 aromatic rings. The monoisotopic (exact) mass is 342 g/mol. The minimum atomic E-state index is -0.340. The fourth-order valence-electron chi connectivity index (χ4n) is 2.01. The van der Waals surface area contributed by atoms with Crippen molar-refractivity contribution in [3.63, 3.8) is 0 Å². The Bertz CT molecular complexity index is 921. The molecule has 122 valence electrons. The van der Waals surface area contributed by atoms with Crippen LogP contribution in [0.4, 0.5) is 0 Å². The van der Waals surface area contributed by atoms with Gasteiger partial charge in [-0.2, -0.15) is 14.9 Å². The van der Waals surface area contributed by atoms with Crippen LogP contribution in [0.1, 0.15) is 23.0 Å². The van der Waals surface area contributed by atoms with Crippen molar-refractivity contribution in [3.8, 4) is 11.3 Å². The Balaban J connectivity index is 1.76. The number of carbonyl (C=O) groups excluding carboxylic acids is 1. The molecule has 0 spiro atoms. The number of carbonyl (C=O) groups is 1. The van der Waals surface area contributed by atoms with Gasteiger partial charge in [0, 0.05) is 5.56 Å². The van der Waals surface area contributed by atoms with E-state index in [9.17, 15) is 4.79 Å². The second-order valence-corrected chi connectivity index (χ2v) is 5.14. The molecule has 0 amide bonds. The lowest BCUT2D eigenvalue weighted by Gasteiger charge is -2.02. The van der Waals surface area contributed by atoms with Gasteiger partial charge in [-0.25, -0.2) is 4.79 Å². The van der Waals surface area contributed by atoms with Crippen LogP contribution in [0.3, 0.4) is 0 Å². The maximum Gasteiger partial charge on any atom is 0.338 e. The topological polar surface area (TPSA) is 85.4 Å². The zero-order valence-electron chi connectivity index (χ0n) is 12.8. The Morgan fingerprint density at radius 3 is 2.83 bits per heavy atom. The summed E-state index contributed by atoms with van der Waals surface area (Å²) in [6.45, 7) is 2.12. The molecule has 0 aliphatic rings. The quantitative estimate of drug-likeness (QED) is 0.437. The highest BCUT2D eigenvalue weighted by molar-refractivity contribution is 7.71. The number of esters is 1. The van der Waals surface area contributed by atoms with E-state index in [2.05, 4.69) is 15.3 Å². The first-order valence-electron chi connectivity index (χ1n) is 7.21. The Morgan fingerprint density at radius 1 is 1.38 bits per heavy atom. The van der Waals surface area contributed by atoms with Crippen LogP contribution >= 0.6 is 12.2 Å². The number of hydrogen-bond donors (Lipinski definition) is 1. The molecule has 0 aliphatic heterocycles. The first-order chi connectivity index (χ1) is 11.7. The zero-order valence-corrected chi connectivity index (χ0v) is 13.6. The summed E-state index contributed by atoms with van der Waals surface area (Å²) in [5.41, 5.74) is 1.35. The van der Waals surface area contributed by atoms with E-state index in [1.807, 2.05) is 6.07 Å². The molecular formula is C16H14N4O3S. The zero-order chi connectivity index (χ0) is 16.9. The van der Waals surface area contributed by atoms with Gasteiger partial charge in [-0.1, -0.05) is 12.1 Å². The molecule has 0 saturated heterocycles. The molecule has 0 bridgehead atoms. The summed E-state index contributed by atoms with van der Waals surface area (Å²) in [5, 5.41) is 10.5. The molecule has 2 heterocycles. The highest BCUT2D eigenvalue weighted by atomic mass is 32.1. The van der Waals surface area contributed by atoms with Crippen LogP contribution in [0.25, 0.3) is 11.3 Å². The Hall–Kier alpha value is -3.00. The molecule has 3 rings (SSSR count). The van der Waals surface area contributed by atoms with Gasteiger partial charge < -0.3 is 9.15 Å². The number of H-pyrrole nitrogens is 1. The van der Waals surface area contributed by atoms with Crippen molar-refractivity contribution in [1.82, 2.24) is 14.9 Å². The average Bonchev–Trinajstić information content (AvgIpc) is 3.22. The summed E-state index contributed by atoms with van der Waals surface area (Å²) in [4.78, 5) is 11.6. The van der Waals surface area contributed by atoms with Crippen LogP contribution in [0.2, 0.25) is 0 Å². The fourth-order valence-corrected chi connectivity index (χ4v) is 2.15. The van der Waals surface area contributed by atoms with E-state index in [1.54, 1.807) is 43.5 Å². The fraction of sp³-hybridized carbons (Fsp3) is 0.125. The minimum Gasteiger partial charge on any atom is -0.462 e. The molecule has 0 saturated carbocycles. The highest BCUT2D eigenvalue weighted by Crippen LogP contribution is 2.22. The van der Waals surface area contributed by atoms with Crippen molar-refractivity contribution < 1.29 is 13.9 Å². The second kappa shape index (κ2) is 7.05. The van der Waals surface area contributed by atoms with Crippen LogP contribution in [0, 0.1) is 4.77 Å². The number of furan rings is 1. The van der Waals surface area contributed by atoms with Crippen LogP contribution < -0.4 is 0 Å². The first-order valence-corrected chi connectivity index (χ1v) is 7.62. The Kier molecular flexibility index (Phi) is 4.66. The SMILES string of the molecule is CCOC(=O)c1ccc(-c2ccc(/C=N\n3cn[nH]c3=S)o2)cc1. The van der Waals surface area contributed by atoms with E-state index in [1.165, 1.54) is 11.0 Å². The minimum absolute atomic E-state index is 0.340. The third-order valence-electron chi connectivity index (χ3n) is 3.15. The number of benzene rings is 1. The van der Waals surface area contributed by atoms with Gasteiger partial charge >= 0.3 is 5.97 Å². The number of ether oxygens (including phenoxy) is 1. The Morgan fingerprint density at radius 2 is 2.17 bits per heavy atom. The average molecular weight is 342 g/mol. The van der Waals surface area contributed by atoms with Gasteiger partial charge in [0.15, 0.2) is 0 Å². The predicted molar refractivity (Wildman–Crippen MR) is 90.5 cm³/mol. The molecule has 0 aliphatic carbocycles. The summed E-state index contributed by atoms with van der Waals surface area (Å²) in [7, 11) is 0. The van der Waals surface area contributed by atoms with Crippen molar-refractivity contribution in [2.75, 3.05) is 6.61 Å². The van der Waals surface area contributed by atoms with E-state index in [0.29, 0.717) is 28.5 Å². The van der Waals surface area contributed by atoms with Crippen molar-refractivity contribution in [1.29, 1.82) is 0 Å². The molecule has 0 unspecified atom stereocenters. The number of aromatic amines is 1. The predicted octanol–water partition coefficient (Wildman–Crippen LogP) is 3.26. The van der Waals surface area contributed by atoms with E-state index in [4.69, 9.17) is 21.4 Å². The summed E-state index contributed by atoms with van der Waals surface area (Å²) < 4.78 is 12.5. The number of rotatable bonds is 5. The van der Waals surface area contributed by atoms with Gasteiger partial charge in [-0.05, 0) is 43.4 Å². The number of nitrogens with zero attached hydrogens (tertiary/aromatic N) is 3. The van der Waals surface area contributed by atoms with Crippen molar-refractivity contribution in [2.45, 2.75) is 6.92 Å². The van der Waals surface area contributed by atoms with Crippen LogP contribution in [0.15, 0.2) is 52.2 Å². The van der Waals surface area contributed by atoms with Gasteiger partial charge in [0.05, 0.1) is 18.4 Å². The van der Waals surface area contributed by atoms with E-state index >= 15 is 0 Å². The third kappa shape index (κ3) is 3.49. The normalized spacial score (nSPS) is 11.0. The maximum atomic E-state index is 11.6. The third-order valence-corrected chi connectivity index (χ3v) is 3.43. The first kappa shape index (κ1) is 15.9. The molecule has 0 atom stereocenters. The lowest BCUT2D eigenvalue weighted by Crippen LogP contribution is -2.03. The summed E-state index contributed by atoms with van der Waals surface area (Å²) in [5.74, 6) is 0.901. The maximum absolute atomic E-state index is 11.6. The van der Waals surface area contributed by atoms with E-state index in [0.717, 1.165) is 5.56 Å². The largest absolute Gasteiger partial charge is 0.462 e. The molecule has 24 heavy (non-hydrogen) atoms. The second-order valence-electron chi connectivity index (χ2n) is 4.75. The smallest absolute Gasteiger partial charge is 0.338 e. The van der Waals surface area contributed by atoms with Crippen LogP contribution in [0.5, 0.6) is 0 Å². The van der Waals surface area contributed by atoms with Crippen molar-refractivity contribution >= 4 is 24.4 Å². The lowest BCUT2D eigenvalue weighted by molar-refractivity contribution is 0.0526. The summed E-state index contributed by atoms with van der Waals surface area (Å²) in [6.07, 6.45) is 3.01. The molecule has 2 aromatic heterocycles. The molecule has 0 fully saturated rings. The molecule has 0 radical (unpaired) electrons. The van der Waals surface area contributed by atoms with Crippen LogP contribution in [-0.4, -0.2) is 33.7 Å². The van der Waals surface area contributed by atoms with Gasteiger partial charge in [0.2, 0.25) is 4.77 Å². The van der Waals surface area contributed by atoms with E-state index in [-0.39, 0.29) is 5.97 Å². The van der Waals surface area contributed by atoms with Gasteiger partial charge in [0.1, 0.15) is 17.8 Å². The molecule has 7 nitrogen and oxygen atoms in total. The van der Waals surface area contributed by atoms with Crippen molar-refractivity contribution in [2.24, 2.45) is 5.10 Å². The number of hydrogen-bond acceptors (Lipinski definition) is 6. The van der Waals surface area contributed by atoms with Crippen molar-refractivity contribution in [3.05, 3.63) is 58.8 Å². The van der Waals surface area contributed by atoms with Gasteiger partial charge in [-0.3, -0.25) is 5.10 Å². The molecule has 8 heteroatoms. The summed E-state index contributed by atoms with van der Waals surface area (Å²) in [6, 6.07) is 10.6. The standard InChI is InChI=1S/C16H14N4O3S/c1-2-22-15(21)12-5-3-11(4-6-12)14-8-7-13(23-14)9-18-20-10-17-19-16(20)24/h3-10H,2H2,1H3,(H,19,24)/b18-9-. The molecule has 1 aromatic carbocycles.